The van der Waals surface area contributed by atoms with E-state index < -0.39 is 38.6 Å². The molecule has 9 heteroatoms. The van der Waals surface area contributed by atoms with E-state index in [2.05, 4.69) is 56.5 Å². The lowest BCUT2D eigenvalue weighted by Gasteiger charge is -2.41. The van der Waals surface area contributed by atoms with Crippen LogP contribution < -0.4 is 0 Å². The molecule has 192 valence electrons. The van der Waals surface area contributed by atoms with Gasteiger partial charge in [-0.2, -0.15) is 0 Å². The van der Waals surface area contributed by atoms with Crippen molar-refractivity contribution >= 4 is 42.8 Å². The summed E-state index contributed by atoms with van der Waals surface area (Å²) < 4.78 is 31.3. The average molecular weight is 607 g/mol. The number of halogens is 1. The molecule has 1 saturated heterocycles. The lowest BCUT2D eigenvalue weighted by atomic mass is 10.0. The van der Waals surface area contributed by atoms with Crippen molar-refractivity contribution < 1.29 is 33.0 Å². The van der Waals surface area contributed by atoms with Gasteiger partial charge in [-0.3, -0.25) is 9.59 Å². The molecule has 1 heterocycles. The van der Waals surface area contributed by atoms with Crippen molar-refractivity contribution in [2.45, 2.75) is 96.3 Å². The molecule has 0 spiro atoms. The van der Waals surface area contributed by atoms with Crippen LogP contribution in [0.4, 0.5) is 0 Å². The van der Waals surface area contributed by atoms with Gasteiger partial charge < -0.3 is 23.4 Å². The van der Waals surface area contributed by atoms with Crippen LogP contribution in [0.2, 0.25) is 18.1 Å². The zero-order valence-electron chi connectivity index (χ0n) is 21.3. The lowest BCUT2D eigenvalue weighted by molar-refractivity contribution is -0.184. The molecular weight excluding hydrogens is 567 g/mol. The number of carbonyl (C=O) groups is 2. The quantitative estimate of drug-likeness (QED) is 0.151. The number of benzene rings is 1. The Morgan fingerprint density at radius 2 is 1.79 bits per heavy atom. The van der Waals surface area contributed by atoms with Crippen LogP contribution in [0.3, 0.4) is 0 Å². The third kappa shape index (κ3) is 8.58. The van der Waals surface area contributed by atoms with Crippen molar-refractivity contribution in [1.29, 1.82) is 0 Å². The maximum Gasteiger partial charge on any atom is 0.303 e. The van der Waals surface area contributed by atoms with E-state index in [9.17, 15) is 9.59 Å². The van der Waals surface area contributed by atoms with Crippen LogP contribution in [0.15, 0.2) is 30.3 Å². The van der Waals surface area contributed by atoms with Crippen molar-refractivity contribution in [2.75, 3.05) is 11.0 Å². The van der Waals surface area contributed by atoms with Gasteiger partial charge in [-0.25, -0.2) is 0 Å². The van der Waals surface area contributed by atoms with Crippen molar-refractivity contribution in [3.05, 3.63) is 35.9 Å². The van der Waals surface area contributed by atoms with Crippen molar-refractivity contribution in [3.63, 3.8) is 0 Å². The largest absolute Gasteiger partial charge is 0.462 e. The summed E-state index contributed by atoms with van der Waals surface area (Å²) in [5.41, 5.74) is 0.979. The van der Waals surface area contributed by atoms with E-state index in [1.54, 1.807) is 0 Å². The van der Waals surface area contributed by atoms with E-state index in [-0.39, 0.29) is 23.9 Å². The molecule has 1 unspecified atom stereocenters. The molecule has 0 aromatic heterocycles. The third-order valence-corrected chi connectivity index (χ3v) is 11.9. The fourth-order valence-corrected chi connectivity index (χ4v) is 5.51. The summed E-state index contributed by atoms with van der Waals surface area (Å²) >= 11 is 2.31. The molecular formula is C25H39IO7Si. The highest BCUT2D eigenvalue weighted by Crippen LogP contribution is 2.41. The molecule has 1 aliphatic heterocycles. The zero-order chi connectivity index (χ0) is 25.5. The van der Waals surface area contributed by atoms with Gasteiger partial charge in [0.2, 0.25) is 0 Å². The first-order chi connectivity index (χ1) is 15.8. The third-order valence-electron chi connectivity index (χ3n) is 6.38. The predicted octanol–water partition coefficient (Wildman–Crippen LogP) is 5.05. The fourth-order valence-electron chi connectivity index (χ4n) is 3.61. The summed E-state index contributed by atoms with van der Waals surface area (Å²) in [6.45, 7) is 13.9. The maximum absolute atomic E-state index is 12.0. The van der Waals surface area contributed by atoms with E-state index in [1.807, 2.05) is 30.3 Å². The fraction of sp³-hybridized carbons (Fsp3) is 0.680. The molecule has 0 radical (unpaired) electrons. The number of ether oxygens (including phenoxy) is 4. The Labute approximate surface area is 218 Å². The van der Waals surface area contributed by atoms with Gasteiger partial charge in [0.1, 0.15) is 18.8 Å². The molecule has 1 fully saturated rings. The number of alkyl halides is 1. The normalized spacial score (nSPS) is 22.8. The van der Waals surface area contributed by atoms with Crippen LogP contribution in [0, 0.1) is 0 Å². The second kappa shape index (κ2) is 12.8. The van der Waals surface area contributed by atoms with Crippen LogP contribution in [0.5, 0.6) is 0 Å². The first-order valence-electron chi connectivity index (χ1n) is 11.7. The molecule has 1 aromatic carbocycles. The zero-order valence-corrected chi connectivity index (χ0v) is 24.5. The van der Waals surface area contributed by atoms with Gasteiger partial charge in [-0.05, 0) is 23.7 Å². The molecule has 1 aromatic rings. The van der Waals surface area contributed by atoms with Crippen LogP contribution in [-0.2, 0) is 39.6 Å². The van der Waals surface area contributed by atoms with E-state index in [1.165, 1.54) is 13.8 Å². The number of carbonyl (C=O) groups excluding carboxylic acids is 2. The Hall–Kier alpha value is -1.01. The van der Waals surface area contributed by atoms with Gasteiger partial charge in [0, 0.05) is 24.7 Å². The first-order valence-corrected chi connectivity index (χ1v) is 16.1. The summed E-state index contributed by atoms with van der Waals surface area (Å²) in [4.78, 5) is 23.5. The van der Waals surface area contributed by atoms with Gasteiger partial charge in [0.05, 0.1) is 18.8 Å². The average Bonchev–Trinajstić information content (AvgIpc) is 3.13. The molecule has 0 aliphatic carbocycles. The Kier molecular flexibility index (Phi) is 11.0. The summed E-state index contributed by atoms with van der Waals surface area (Å²) in [6, 6.07) is 9.76. The summed E-state index contributed by atoms with van der Waals surface area (Å²) in [5, 5.41) is 0.0212. The minimum absolute atomic E-state index is 0.00472. The second-order valence-corrected chi connectivity index (χ2v) is 15.9. The summed E-state index contributed by atoms with van der Waals surface area (Å²) in [7, 11) is -2.12. The smallest absolute Gasteiger partial charge is 0.303 e. The van der Waals surface area contributed by atoms with Crippen molar-refractivity contribution in [2.24, 2.45) is 0 Å². The van der Waals surface area contributed by atoms with Crippen molar-refractivity contribution in [1.82, 2.24) is 0 Å². The number of hydrogen-bond acceptors (Lipinski definition) is 7. The molecule has 5 atom stereocenters. The van der Waals surface area contributed by atoms with E-state index >= 15 is 0 Å². The molecule has 0 saturated carbocycles. The predicted molar refractivity (Wildman–Crippen MR) is 141 cm³/mol. The monoisotopic (exact) mass is 606 g/mol. The molecule has 0 N–H and O–H groups in total. The van der Waals surface area contributed by atoms with Gasteiger partial charge in [0.25, 0.3) is 0 Å². The highest BCUT2D eigenvalue weighted by Gasteiger charge is 2.49. The summed E-state index contributed by atoms with van der Waals surface area (Å²) in [6.07, 6.45) is -1.48. The molecule has 1 aliphatic rings. The molecule has 0 bridgehead atoms. The highest BCUT2D eigenvalue weighted by atomic mass is 127. The number of hydrogen-bond donors (Lipinski definition) is 0. The molecule has 34 heavy (non-hydrogen) atoms. The topological polar surface area (TPSA) is 80.3 Å². The maximum atomic E-state index is 12.0. The first kappa shape index (κ1) is 29.2. The van der Waals surface area contributed by atoms with E-state index in [0.717, 1.165) is 16.4 Å². The van der Waals surface area contributed by atoms with Crippen LogP contribution >= 0.6 is 22.6 Å². The minimum Gasteiger partial charge on any atom is -0.462 e. The number of rotatable bonds is 11. The standard InChI is InChI=1S/C25H39IO7Si/c1-17(27)29-16-22(31-18(2)28)23(30-15-19-11-9-8-10-12-19)24-21(13-20(14-26)32-24)33-34(6,7)25(3,4)5/h8-12,20-24H,13-16H2,1-7H3/t20?,21-,22+,23-,24-/m1/s1. The SMILES string of the molecule is CC(=O)OC[C@H](OC(C)=O)[C@@H](OCc1ccccc1)[C@@H]1OC(CI)C[C@H]1O[Si](C)(C)C(C)(C)C. The van der Waals surface area contributed by atoms with Crippen LogP contribution in [0.25, 0.3) is 0 Å². The second-order valence-electron chi connectivity index (χ2n) is 10.2. The summed E-state index contributed by atoms with van der Waals surface area (Å²) in [5.74, 6) is -0.929. The molecule has 7 nitrogen and oxygen atoms in total. The van der Waals surface area contributed by atoms with Crippen LogP contribution in [-0.4, -0.2) is 61.8 Å². The van der Waals surface area contributed by atoms with Gasteiger partial charge in [-0.15, -0.1) is 0 Å². The van der Waals surface area contributed by atoms with Gasteiger partial charge >= 0.3 is 11.9 Å². The Balaban J connectivity index is 2.38. The van der Waals surface area contributed by atoms with Crippen LogP contribution in [0.1, 0.15) is 46.6 Å². The minimum atomic E-state index is -2.12. The van der Waals surface area contributed by atoms with Gasteiger partial charge in [0.15, 0.2) is 14.4 Å². The number of esters is 2. The Morgan fingerprint density at radius 3 is 2.32 bits per heavy atom. The van der Waals surface area contributed by atoms with Gasteiger partial charge in [-0.1, -0.05) is 73.7 Å². The van der Waals surface area contributed by atoms with E-state index in [4.69, 9.17) is 23.4 Å². The molecule has 2 rings (SSSR count). The van der Waals surface area contributed by atoms with E-state index in [0.29, 0.717) is 6.61 Å². The van der Waals surface area contributed by atoms with Crippen molar-refractivity contribution in [3.8, 4) is 0 Å². The Bertz CT molecular complexity index is 796. The Morgan fingerprint density at radius 1 is 1.15 bits per heavy atom. The lowest BCUT2D eigenvalue weighted by Crippen LogP contribution is -2.52. The highest BCUT2D eigenvalue weighted by molar-refractivity contribution is 14.1. The molecule has 0 amide bonds.